The number of benzene rings is 2. The van der Waals surface area contributed by atoms with Gasteiger partial charge in [0.15, 0.2) is 0 Å². The van der Waals surface area contributed by atoms with E-state index in [0.29, 0.717) is 23.8 Å². The maximum absolute atomic E-state index is 13.2. The fraction of sp³-hybridized carbons (Fsp3) is 0.294. The number of aryl methyl sites for hydroxylation is 1. The highest BCUT2D eigenvalue weighted by atomic mass is 32.2. The minimum Gasteiger partial charge on any atom is -0.497 e. The molecule has 0 unspecified atom stereocenters. The van der Waals surface area contributed by atoms with Gasteiger partial charge < -0.3 is 14.2 Å². The normalized spacial score (nSPS) is 13.9. The zero-order valence-electron chi connectivity index (χ0n) is 13.8. The fourth-order valence-electron chi connectivity index (χ4n) is 2.66. The highest BCUT2D eigenvalue weighted by molar-refractivity contribution is 7.93. The Bertz CT molecular complexity index is 863. The summed E-state index contributed by atoms with van der Waals surface area (Å²) in [6.07, 6.45) is 0. The Balaban J connectivity index is 2.15. The van der Waals surface area contributed by atoms with Crippen molar-refractivity contribution in [1.29, 1.82) is 0 Å². The summed E-state index contributed by atoms with van der Waals surface area (Å²) < 4.78 is 43.8. The number of fused-ring (bicyclic) bond motifs is 1. The van der Waals surface area contributed by atoms with Gasteiger partial charge in [0.2, 0.25) is 0 Å². The predicted octanol–water partition coefficient (Wildman–Crippen LogP) is 2.60. The number of nitrogens with zero attached hydrogens (tertiary/aromatic N) is 1. The van der Waals surface area contributed by atoms with Crippen LogP contribution in [0.15, 0.2) is 41.3 Å². The van der Waals surface area contributed by atoms with Gasteiger partial charge in [-0.2, -0.15) is 0 Å². The second kappa shape index (κ2) is 6.24. The minimum absolute atomic E-state index is 0.0682. The molecule has 0 aromatic heterocycles. The second-order valence-corrected chi connectivity index (χ2v) is 7.24. The lowest BCUT2D eigenvalue weighted by Gasteiger charge is -2.31. The number of ether oxygens (including phenoxy) is 3. The smallest absolute Gasteiger partial charge is 0.268 e. The molecule has 0 aliphatic carbocycles. The number of anilines is 1. The lowest BCUT2D eigenvalue weighted by molar-refractivity contribution is 0.315. The maximum atomic E-state index is 13.2. The molecular weight excluding hydrogens is 330 g/mol. The Morgan fingerprint density at radius 3 is 2.58 bits per heavy atom. The molecule has 0 atom stereocenters. The van der Waals surface area contributed by atoms with Gasteiger partial charge in [0.25, 0.3) is 10.0 Å². The summed E-state index contributed by atoms with van der Waals surface area (Å²) in [5.41, 5.74) is 1.49. The molecule has 0 saturated carbocycles. The number of hydrogen-bond donors (Lipinski definition) is 0. The standard InChI is InChI=1S/C17H19NO5S/c1-12-4-6-15-14(10-12)18(8-9-23-15)24(19,20)17-11-13(21-2)5-7-16(17)22-3/h4-7,10-11H,8-9H2,1-3H3. The van der Waals surface area contributed by atoms with Gasteiger partial charge in [-0.25, -0.2) is 8.42 Å². The zero-order valence-corrected chi connectivity index (χ0v) is 14.6. The first-order chi connectivity index (χ1) is 11.5. The van der Waals surface area contributed by atoms with Gasteiger partial charge in [-0.05, 0) is 36.8 Å². The van der Waals surface area contributed by atoms with Gasteiger partial charge >= 0.3 is 0 Å². The monoisotopic (exact) mass is 349 g/mol. The molecule has 0 spiro atoms. The van der Waals surface area contributed by atoms with Gasteiger partial charge in [0.05, 0.1) is 26.5 Å². The molecule has 2 aromatic carbocycles. The van der Waals surface area contributed by atoms with E-state index in [0.717, 1.165) is 5.56 Å². The second-order valence-electron chi connectivity index (χ2n) is 5.41. The third-order valence-electron chi connectivity index (χ3n) is 3.87. The van der Waals surface area contributed by atoms with E-state index in [1.165, 1.54) is 24.6 Å². The van der Waals surface area contributed by atoms with Crippen LogP contribution < -0.4 is 18.5 Å². The minimum atomic E-state index is -3.82. The highest BCUT2D eigenvalue weighted by Crippen LogP contribution is 2.38. The molecule has 0 saturated heterocycles. The zero-order chi connectivity index (χ0) is 17.3. The maximum Gasteiger partial charge on any atom is 0.268 e. The summed E-state index contributed by atoms with van der Waals surface area (Å²) in [5.74, 6) is 1.28. The Labute approximate surface area is 141 Å². The molecule has 0 amide bonds. The number of sulfonamides is 1. The van der Waals surface area contributed by atoms with Crippen LogP contribution in [0, 0.1) is 6.92 Å². The highest BCUT2D eigenvalue weighted by Gasteiger charge is 2.32. The molecule has 0 bridgehead atoms. The molecule has 2 aromatic rings. The van der Waals surface area contributed by atoms with E-state index in [-0.39, 0.29) is 17.2 Å². The molecule has 0 radical (unpaired) electrons. The third-order valence-corrected chi connectivity index (χ3v) is 5.71. The Kier molecular flexibility index (Phi) is 4.28. The molecule has 1 aliphatic heterocycles. The van der Waals surface area contributed by atoms with Crippen LogP contribution in [0.4, 0.5) is 5.69 Å². The van der Waals surface area contributed by atoms with Crippen molar-refractivity contribution < 1.29 is 22.6 Å². The molecule has 3 rings (SSSR count). The van der Waals surface area contributed by atoms with Gasteiger partial charge in [-0.3, -0.25) is 4.31 Å². The summed E-state index contributed by atoms with van der Waals surface area (Å²) in [7, 11) is -0.885. The van der Waals surface area contributed by atoms with Crippen LogP contribution >= 0.6 is 0 Å². The molecule has 128 valence electrons. The van der Waals surface area contributed by atoms with Crippen LogP contribution in [0.5, 0.6) is 17.2 Å². The molecule has 24 heavy (non-hydrogen) atoms. The number of hydrogen-bond acceptors (Lipinski definition) is 5. The first kappa shape index (κ1) is 16.4. The third kappa shape index (κ3) is 2.75. The summed E-state index contributed by atoms with van der Waals surface area (Å²) in [6, 6.07) is 10.2. The SMILES string of the molecule is COc1ccc(OC)c(S(=O)(=O)N2CCOc3ccc(C)cc32)c1. The van der Waals surface area contributed by atoms with E-state index in [2.05, 4.69) is 0 Å². The molecule has 7 heteroatoms. The summed E-state index contributed by atoms with van der Waals surface area (Å²) in [5, 5.41) is 0. The lowest BCUT2D eigenvalue weighted by Crippen LogP contribution is -2.38. The van der Waals surface area contributed by atoms with E-state index in [1.54, 1.807) is 24.3 Å². The van der Waals surface area contributed by atoms with E-state index in [1.807, 2.05) is 13.0 Å². The summed E-state index contributed by atoms with van der Waals surface area (Å²) in [4.78, 5) is 0.0682. The van der Waals surface area contributed by atoms with Crippen molar-refractivity contribution in [2.24, 2.45) is 0 Å². The van der Waals surface area contributed by atoms with Crippen molar-refractivity contribution in [3.63, 3.8) is 0 Å². The first-order valence-corrected chi connectivity index (χ1v) is 8.89. The molecule has 6 nitrogen and oxygen atoms in total. The average Bonchev–Trinajstić information content (AvgIpc) is 2.60. The molecule has 0 fully saturated rings. The largest absolute Gasteiger partial charge is 0.497 e. The van der Waals surface area contributed by atoms with Gasteiger partial charge in [-0.15, -0.1) is 0 Å². The van der Waals surface area contributed by atoms with E-state index in [4.69, 9.17) is 14.2 Å². The van der Waals surface area contributed by atoms with Crippen molar-refractivity contribution in [2.75, 3.05) is 31.7 Å². The average molecular weight is 349 g/mol. The topological polar surface area (TPSA) is 65.1 Å². The van der Waals surface area contributed by atoms with Crippen molar-refractivity contribution in [3.8, 4) is 17.2 Å². The predicted molar refractivity (Wildman–Crippen MR) is 90.8 cm³/mol. The van der Waals surface area contributed by atoms with Crippen LogP contribution in [0.3, 0.4) is 0 Å². The van der Waals surface area contributed by atoms with Crippen molar-refractivity contribution in [1.82, 2.24) is 0 Å². The van der Waals surface area contributed by atoms with E-state index in [9.17, 15) is 8.42 Å². The molecule has 0 N–H and O–H groups in total. The van der Waals surface area contributed by atoms with Gasteiger partial charge in [0, 0.05) is 6.07 Å². The quantitative estimate of drug-likeness (QED) is 0.849. The summed E-state index contributed by atoms with van der Waals surface area (Å²) in [6.45, 7) is 2.44. The van der Waals surface area contributed by atoms with Crippen molar-refractivity contribution >= 4 is 15.7 Å². The van der Waals surface area contributed by atoms with E-state index >= 15 is 0 Å². The number of methoxy groups -OCH3 is 2. The van der Waals surface area contributed by atoms with Crippen LogP contribution in [0.2, 0.25) is 0 Å². The Morgan fingerprint density at radius 2 is 1.88 bits per heavy atom. The van der Waals surface area contributed by atoms with Crippen LogP contribution in [0.25, 0.3) is 0 Å². The van der Waals surface area contributed by atoms with Crippen LogP contribution in [-0.2, 0) is 10.0 Å². The van der Waals surface area contributed by atoms with Crippen LogP contribution in [-0.4, -0.2) is 35.8 Å². The Morgan fingerprint density at radius 1 is 1.08 bits per heavy atom. The van der Waals surface area contributed by atoms with Gasteiger partial charge in [0.1, 0.15) is 28.8 Å². The van der Waals surface area contributed by atoms with Crippen molar-refractivity contribution in [2.45, 2.75) is 11.8 Å². The first-order valence-electron chi connectivity index (χ1n) is 7.45. The fourth-order valence-corrected chi connectivity index (χ4v) is 4.28. The van der Waals surface area contributed by atoms with Gasteiger partial charge in [-0.1, -0.05) is 6.07 Å². The molecule has 1 aliphatic rings. The Hall–Kier alpha value is -2.41. The van der Waals surface area contributed by atoms with E-state index < -0.39 is 10.0 Å². The summed E-state index contributed by atoms with van der Waals surface area (Å²) >= 11 is 0. The molecule has 1 heterocycles. The van der Waals surface area contributed by atoms with Crippen molar-refractivity contribution in [3.05, 3.63) is 42.0 Å². The number of rotatable bonds is 4. The lowest BCUT2D eigenvalue weighted by atomic mass is 10.2. The molecular formula is C17H19NO5S. The van der Waals surface area contributed by atoms with Crippen LogP contribution in [0.1, 0.15) is 5.56 Å².